The molecule has 10 nitrogen and oxygen atoms in total. The minimum atomic E-state index is -2.26. The van der Waals surface area contributed by atoms with E-state index in [1.165, 1.54) is 23.0 Å². The predicted molar refractivity (Wildman–Crippen MR) is 278 cm³/mol. The fourth-order valence-corrected chi connectivity index (χ4v) is 19.9. The number of H-pyrrole nitrogens is 1. The van der Waals surface area contributed by atoms with E-state index in [1.54, 1.807) is 0 Å². The molecule has 0 aliphatic carbocycles. The second-order valence-electron chi connectivity index (χ2n) is 21.6. The quantitative estimate of drug-likeness (QED) is 0.102. The number of nitrogens with zero attached hydrogens (tertiary/aromatic N) is 7. The number of piperazine rings is 1. The maximum absolute atomic E-state index is 16.7. The molecule has 0 radical (unpaired) electrons. The summed E-state index contributed by atoms with van der Waals surface area (Å²) >= 11 is 1.53. The van der Waals surface area contributed by atoms with Gasteiger partial charge in [-0.2, -0.15) is 15.1 Å². The van der Waals surface area contributed by atoms with E-state index < -0.39 is 14.2 Å². The third kappa shape index (κ3) is 7.32. The standard InChI is InChI=1S/C55H62F2N8O2SSi/c1-32(2)69(33(3)4,34(5)6)22-18-39-42(57)16-15-36-23-43-41(27-59-62-43)47(46(36)39)49-50-40(17-20-58-49)48-51(60-53(61-52(48)68-50)67-31-55-19-12-21-64(55)28-35(25-55)26-56)63-29-38-24-45(66)44(30-63)65(38)54(7,8)37-13-10-9-11-14-37/h9-11,13-17,20,23,26-27,32-34,38,44-45,66H,12,19,21,24-25,28-31H2,1-8H3,(H,59,62)/b35-26-/t38-,44-,45-,55-/m0/s1. The summed E-state index contributed by atoms with van der Waals surface area (Å²) in [5.74, 6) is 3.91. The van der Waals surface area contributed by atoms with E-state index in [-0.39, 0.29) is 35.0 Å². The van der Waals surface area contributed by atoms with Crippen molar-refractivity contribution in [1.82, 2.24) is 34.9 Å². The average molecular weight is 965 g/mol. The van der Waals surface area contributed by atoms with E-state index in [0.717, 1.165) is 79.3 Å². The number of benzene rings is 3. The number of hydrogen-bond acceptors (Lipinski definition) is 10. The van der Waals surface area contributed by atoms with Crippen molar-refractivity contribution in [3.05, 3.63) is 95.8 Å². The molecule has 4 aliphatic rings. The van der Waals surface area contributed by atoms with Crippen LogP contribution in [0.4, 0.5) is 14.6 Å². The summed E-state index contributed by atoms with van der Waals surface area (Å²) in [7, 11) is -2.26. The van der Waals surface area contributed by atoms with Crippen LogP contribution in [0.25, 0.3) is 53.2 Å². The average Bonchev–Trinajstić information content (AvgIpc) is 4.15. The Morgan fingerprint density at radius 2 is 1.80 bits per heavy atom. The topological polar surface area (TPSA) is 107 Å². The number of hydrogen-bond donors (Lipinski definition) is 2. The Labute approximate surface area is 408 Å². The molecule has 0 amide bonds. The highest BCUT2D eigenvalue weighted by Crippen LogP contribution is 2.49. The first-order valence-electron chi connectivity index (χ1n) is 24.8. The monoisotopic (exact) mass is 964 g/mol. The number of anilines is 1. The van der Waals surface area contributed by atoms with Crippen molar-refractivity contribution in [2.24, 2.45) is 0 Å². The third-order valence-electron chi connectivity index (χ3n) is 16.7. The number of aromatic amines is 1. The Morgan fingerprint density at radius 3 is 2.54 bits per heavy atom. The van der Waals surface area contributed by atoms with Crippen LogP contribution < -0.4 is 9.64 Å². The van der Waals surface area contributed by atoms with Gasteiger partial charge in [0.15, 0.2) is 0 Å². The summed E-state index contributed by atoms with van der Waals surface area (Å²) in [6.07, 6.45) is 7.09. The molecule has 7 aromatic rings. The summed E-state index contributed by atoms with van der Waals surface area (Å²) in [6.45, 7) is 21.2. The molecule has 3 aromatic carbocycles. The van der Waals surface area contributed by atoms with Crippen molar-refractivity contribution >= 4 is 67.2 Å². The van der Waals surface area contributed by atoms with Gasteiger partial charge < -0.3 is 14.7 Å². The molecule has 4 aliphatic heterocycles. The maximum Gasteiger partial charge on any atom is 0.319 e. The number of halogens is 2. The van der Waals surface area contributed by atoms with Crippen LogP contribution in [0, 0.1) is 17.3 Å². The number of thiophene rings is 1. The van der Waals surface area contributed by atoms with Gasteiger partial charge >= 0.3 is 6.01 Å². The zero-order valence-corrected chi connectivity index (χ0v) is 42.7. The van der Waals surface area contributed by atoms with Gasteiger partial charge in [-0.3, -0.25) is 19.9 Å². The number of nitrogens with one attached hydrogen (secondary N) is 1. The first kappa shape index (κ1) is 46.1. The highest BCUT2D eigenvalue weighted by molar-refractivity contribution is 7.26. The zero-order valence-electron chi connectivity index (χ0n) is 40.9. The van der Waals surface area contributed by atoms with Crippen LogP contribution in [-0.2, 0) is 5.54 Å². The SMILES string of the molecule is CC(C)[Si](C#Cc1c(F)ccc2cc3[nH]ncc3c(-c3nccc4c3sc3nc(OC[C@@]56CCCN5C/C(=C\F)C6)nc(N5C[C@@H]6C[C@H](O)[C@H](C5)N6C(C)(C)c5ccccc5)c34)c12)(C(C)C)C(C)C. The fraction of sp³-hybridized carbons (Fsp3) is 0.455. The van der Waals surface area contributed by atoms with E-state index in [0.29, 0.717) is 72.3 Å². The number of aliphatic hydroxyl groups is 1. The molecule has 358 valence electrons. The molecule has 4 aromatic heterocycles. The van der Waals surface area contributed by atoms with Crippen molar-refractivity contribution in [2.45, 2.75) is 127 Å². The summed E-state index contributed by atoms with van der Waals surface area (Å²) in [5, 5.41) is 23.7. The Hall–Kier alpha value is -5.30. The number of aromatic nitrogens is 5. The summed E-state index contributed by atoms with van der Waals surface area (Å²) in [5.41, 5.74) is 8.96. The smallest absolute Gasteiger partial charge is 0.319 e. The molecule has 0 spiro atoms. The van der Waals surface area contributed by atoms with E-state index in [4.69, 9.17) is 19.7 Å². The van der Waals surface area contributed by atoms with Crippen molar-refractivity contribution in [3.63, 3.8) is 0 Å². The zero-order chi connectivity index (χ0) is 48.1. The normalized spacial score (nSPS) is 23.0. The van der Waals surface area contributed by atoms with E-state index in [9.17, 15) is 9.50 Å². The largest absolute Gasteiger partial charge is 0.461 e. The lowest BCUT2D eigenvalue weighted by Crippen LogP contribution is -2.61. The number of pyridine rings is 1. The lowest BCUT2D eigenvalue weighted by Gasteiger charge is -2.50. The highest BCUT2D eigenvalue weighted by Gasteiger charge is 2.52. The summed E-state index contributed by atoms with van der Waals surface area (Å²) in [4.78, 5) is 23.6. The van der Waals surface area contributed by atoms with Crippen molar-refractivity contribution in [3.8, 4) is 28.7 Å². The van der Waals surface area contributed by atoms with Crippen LogP contribution in [0.5, 0.6) is 6.01 Å². The molecule has 69 heavy (non-hydrogen) atoms. The highest BCUT2D eigenvalue weighted by atomic mass is 32.1. The molecule has 0 saturated carbocycles. The van der Waals surface area contributed by atoms with Gasteiger partial charge in [0.1, 0.15) is 31.1 Å². The molecule has 2 bridgehead atoms. The molecule has 11 rings (SSSR count). The van der Waals surface area contributed by atoms with Crippen molar-refractivity contribution < 1.29 is 18.6 Å². The van der Waals surface area contributed by atoms with Crippen molar-refractivity contribution in [1.29, 1.82) is 0 Å². The Balaban J connectivity index is 1.10. The van der Waals surface area contributed by atoms with Crippen LogP contribution in [0.15, 0.2) is 78.9 Å². The van der Waals surface area contributed by atoms with Gasteiger partial charge in [0.2, 0.25) is 0 Å². The Bertz CT molecular complexity index is 3210. The van der Waals surface area contributed by atoms with Gasteiger partial charge in [-0.15, -0.1) is 16.9 Å². The lowest BCUT2D eigenvalue weighted by molar-refractivity contribution is 0.0221. The molecule has 4 saturated heterocycles. The number of fused-ring (bicyclic) bond motifs is 8. The number of aliphatic hydroxyl groups excluding tert-OH is 1. The minimum absolute atomic E-state index is 0.0455. The van der Waals surface area contributed by atoms with E-state index in [2.05, 4.69) is 116 Å². The maximum atomic E-state index is 16.7. The Morgan fingerprint density at radius 1 is 1.01 bits per heavy atom. The van der Waals surface area contributed by atoms with Crippen LogP contribution in [0.2, 0.25) is 16.6 Å². The number of rotatable bonds is 10. The van der Waals surface area contributed by atoms with Crippen LogP contribution in [0.3, 0.4) is 0 Å². The fourth-order valence-electron chi connectivity index (χ4n) is 13.5. The van der Waals surface area contributed by atoms with Crippen molar-refractivity contribution in [2.75, 3.05) is 37.7 Å². The molecular weight excluding hydrogens is 903 g/mol. The molecule has 0 unspecified atom stereocenters. The first-order chi connectivity index (χ1) is 33.1. The second-order valence-corrected chi connectivity index (χ2v) is 28.2. The molecule has 2 N–H and O–H groups in total. The van der Waals surface area contributed by atoms with Crippen LogP contribution in [-0.4, -0.2) is 105 Å². The van der Waals surface area contributed by atoms with Gasteiger partial charge in [0.05, 0.1) is 57.1 Å². The summed E-state index contributed by atoms with van der Waals surface area (Å²) < 4.78 is 38.3. The van der Waals surface area contributed by atoms with Gasteiger partial charge in [-0.1, -0.05) is 83.9 Å². The molecule has 4 atom stereocenters. The minimum Gasteiger partial charge on any atom is -0.461 e. The lowest BCUT2D eigenvalue weighted by atomic mass is 9.89. The first-order valence-corrected chi connectivity index (χ1v) is 27.8. The molecule has 14 heteroatoms. The van der Waals surface area contributed by atoms with E-state index in [1.807, 2.05) is 36.7 Å². The van der Waals surface area contributed by atoms with Gasteiger partial charge in [0, 0.05) is 59.1 Å². The Kier molecular flexibility index (Phi) is 11.5. The second kappa shape index (κ2) is 17.2. The third-order valence-corrected chi connectivity index (χ3v) is 24.1. The molecule has 4 fully saturated rings. The predicted octanol–water partition coefficient (Wildman–Crippen LogP) is 11.7. The molecule has 8 heterocycles. The van der Waals surface area contributed by atoms with Gasteiger partial charge in [-0.25, -0.2) is 8.78 Å². The van der Waals surface area contributed by atoms with E-state index >= 15 is 4.39 Å². The van der Waals surface area contributed by atoms with Crippen LogP contribution >= 0.6 is 11.3 Å². The van der Waals surface area contributed by atoms with Crippen LogP contribution in [0.1, 0.15) is 92.2 Å². The number of ether oxygens (including phenoxy) is 1. The van der Waals surface area contributed by atoms with Gasteiger partial charge in [0.25, 0.3) is 0 Å². The van der Waals surface area contributed by atoms with Gasteiger partial charge in [-0.05, 0) is 97.4 Å². The molecular formula is C55H62F2N8O2SSi. The summed E-state index contributed by atoms with van der Waals surface area (Å²) in [6, 6.07) is 18.2.